The molecular weight excluding hydrogens is 239 g/mol. The van der Waals surface area contributed by atoms with Gasteiger partial charge < -0.3 is 4.74 Å². The van der Waals surface area contributed by atoms with Gasteiger partial charge in [-0.3, -0.25) is 11.3 Å². The normalized spacial score (nSPS) is 12.5. The number of ether oxygens (including phenoxy) is 1. The Morgan fingerprint density at radius 1 is 1.53 bits per heavy atom. The van der Waals surface area contributed by atoms with Crippen LogP contribution in [0, 0.1) is 5.82 Å². The molecule has 5 heteroatoms. The topological polar surface area (TPSA) is 47.3 Å². The maximum atomic E-state index is 13.9. The lowest BCUT2D eigenvalue weighted by Gasteiger charge is -2.16. The van der Waals surface area contributed by atoms with E-state index in [1.165, 1.54) is 7.11 Å². The van der Waals surface area contributed by atoms with E-state index >= 15 is 0 Å². The third kappa shape index (κ3) is 4.18. The van der Waals surface area contributed by atoms with Crippen LogP contribution < -0.4 is 16.0 Å². The Bertz CT molecular complexity index is 349. The predicted molar refractivity (Wildman–Crippen MR) is 70.8 cm³/mol. The molecular formula is C12H19FN2OS. The van der Waals surface area contributed by atoms with Crippen molar-refractivity contribution < 1.29 is 9.13 Å². The lowest BCUT2D eigenvalue weighted by molar-refractivity contribution is 0.383. The van der Waals surface area contributed by atoms with E-state index in [0.29, 0.717) is 12.0 Å². The zero-order valence-corrected chi connectivity index (χ0v) is 11.0. The van der Waals surface area contributed by atoms with Crippen molar-refractivity contribution in [2.75, 3.05) is 18.6 Å². The average molecular weight is 258 g/mol. The van der Waals surface area contributed by atoms with Crippen LogP contribution in [0.5, 0.6) is 5.75 Å². The molecule has 1 unspecified atom stereocenters. The van der Waals surface area contributed by atoms with Gasteiger partial charge in [0.2, 0.25) is 0 Å². The van der Waals surface area contributed by atoms with Gasteiger partial charge in [0, 0.05) is 11.8 Å². The maximum absolute atomic E-state index is 13.9. The summed E-state index contributed by atoms with van der Waals surface area (Å²) in [4.78, 5) is 0. The Morgan fingerprint density at radius 3 is 2.88 bits per heavy atom. The summed E-state index contributed by atoms with van der Waals surface area (Å²) >= 11 is 1.78. The molecule has 0 radical (unpaired) electrons. The second kappa shape index (κ2) is 7.53. The SMILES string of the molecule is CCSCC(Cc1cccc(OC)c1F)NN. The van der Waals surface area contributed by atoms with Crippen LogP contribution in [-0.2, 0) is 6.42 Å². The Balaban J connectivity index is 2.72. The molecule has 1 aromatic rings. The molecule has 0 fully saturated rings. The van der Waals surface area contributed by atoms with Crippen molar-refractivity contribution in [3.63, 3.8) is 0 Å². The highest BCUT2D eigenvalue weighted by Crippen LogP contribution is 2.21. The molecule has 0 aliphatic rings. The number of methoxy groups -OCH3 is 1. The minimum Gasteiger partial charge on any atom is -0.494 e. The lowest BCUT2D eigenvalue weighted by Crippen LogP contribution is -2.39. The molecule has 1 rings (SSSR count). The molecule has 17 heavy (non-hydrogen) atoms. The van der Waals surface area contributed by atoms with E-state index in [4.69, 9.17) is 10.6 Å². The van der Waals surface area contributed by atoms with Crippen LogP contribution in [0.15, 0.2) is 18.2 Å². The molecule has 0 saturated heterocycles. The van der Waals surface area contributed by atoms with Crippen molar-refractivity contribution in [1.29, 1.82) is 0 Å². The Kier molecular flexibility index (Phi) is 6.32. The first kappa shape index (κ1) is 14.3. The van der Waals surface area contributed by atoms with Crippen LogP contribution in [0.4, 0.5) is 4.39 Å². The Hall–Kier alpha value is -0.780. The third-order valence-corrected chi connectivity index (χ3v) is 3.53. The molecule has 0 bridgehead atoms. The van der Waals surface area contributed by atoms with Crippen LogP contribution in [0.25, 0.3) is 0 Å². The summed E-state index contributed by atoms with van der Waals surface area (Å²) in [5, 5.41) is 0. The van der Waals surface area contributed by atoms with Gasteiger partial charge in [-0.2, -0.15) is 11.8 Å². The largest absolute Gasteiger partial charge is 0.494 e. The van der Waals surface area contributed by atoms with Gasteiger partial charge in [-0.1, -0.05) is 19.1 Å². The first-order chi connectivity index (χ1) is 8.22. The number of rotatable bonds is 7. The number of benzene rings is 1. The van der Waals surface area contributed by atoms with Gasteiger partial charge in [0.25, 0.3) is 0 Å². The van der Waals surface area contributed by atoms with Gasteiger partial charge in [-0.25, -0.2) is 4.39 Å². The first-order valence-corrected chi connectivity index (χ1v) is 6.73. The highest BCUT2D eigenvalue weighted by atomic mass is 32.2. The molecule has 0 saturated carbocycles. The Labute approximate surface area is 106 Å². The predicted octanol–water partition coefficient (Wildman–Crippen LogP) is 1.96. The number of halogens is 1. The monoisotopic (exact) mass is 258 g/mol. The molecule has 0 aromatic heterocycles. The molecule has 3 N–H and O–H groups in total. The molecule has 0 heterocycles. The van der Waals surface area contributed by atoms with E-state index in [1.807, 2.05) is 0 Å². The smallest absolute Gasteiger partial charge is 0.168 e. The van der Waals surface area contributed by atoms with E-state index in [2.05, 4.69) is 12.3 Å². The number of thioether (sulfide) groups is 1. The number of hydrogen-bond acceptors (Lipinski definition) is 4. The molecule has 0 aliphatic carbocycles. The summed E-state index contributed by atoms with van der Waals surface area (Å²) in [6, 6.07) is 5.24. The van der Waals surface area contributed by atoms with E-state index in [-0.39, 0.29) is 17.6 Å². The molecule has 1 aromatic carbocycles. The summed E-state index contributed by atoms with van der Waals surface area (Å²) in [7, 11) is 1.47. The standard InChI is InChI=1S/C12H19FN2OS/c1-3-17-8-10(15-14)7-9-5-4-6-11(16-2)12(9)13/h4-6,10,15H,3,7-8,14H2,1-2H3. The van der Waals surface area contributed by atoms with E-state index in [0.717, 1.165) is 11.5 Å². The molecule has 0 spiro atoms. The van der Waals surface area contributed by atoms with Gasteiger partial charge >= 0.3 is 0 Å². The van der Waals surface area contributed by atoms with Gasteiger partial charge in [-0.05, 0) is 23.8 Å². The van der Waals surface area contributed by atoms with E-state index < -0.39 is 0 Å². The summed E-state index contributed by atoms with van der Waals surface area (Å²) in [6.07, 6.45) is 0.562. The zero-order chi connectivity index (χ0) is 12.7. The van der Waals surface area contributed by atoms with Gasteiger partial charge in [0.05, 0.1) is 7.11 Å². The second-order valence-corrected chi connectivity index (χ2v) is 4.98. The van der Waals surface area contributed by atoms with Crippen molar-refractivity contribution >= 4 is 11.8 Å². The van der Waals surface area contributed by atoms with Crippen molar-refractivity contribution in [2.24, 2.45) is 5.84 Å². The van der Waals surface area contributed by atoms with Crippen LogP contribution in [-0.4, -0.2) is 24.7 Å². The van der Waals surface area contributed by atoms with Crippen molar-refractivity contribution in [1.82, 2.24) is 5.43 Å². The van der Waals surface area contributed by atoms with Crippen LogP contribution in [0.1, 0.15) is 12.5 Å². The molecule has 0 aliphatic heterocycles. The second-order valence-electron chi connectivity index (χ2n) is 3.66. The molecule has 96 valence electrons. The van der Waals surface area contributed by atoms with E-state index in [9.17, 15) is 4.39 Å². The fraction of sp³-hybridized carbons (Fsp3) is 0.500. The first-order valence-electron chi connectivity index (χ1n) is 5.58. The van der Waals surface area contributed by atoms with Crippen LogP contribution >= 0.6 is 11.8 Å². The summed E-state index contributed by atoms with van der Waals surface area (Å²) in [6.45, 7) is 2.09. The Morgan fingerprint density at radius 2 is 2.29 bits per heavy atom. The van der Waals surface area contributed by atoms with Gasteiger partial charge in [-0.15, -0.1) is 0 Å². The summed E-state index contributed by atoms with van der Waals surface area (Å²) in [5.74, 6) is 7.34. The number of nitrogens with two attached hydrogens (primary N) is 1. The highest BCUT2D eigenvalue weighted by molar-refractivity contribution is 7.99. The fourth-order valence-electron chi connectivity index (χ4n) is 1.56. The summed E-state index contributed by atoms with van der Waals surface area (Å²) in [5.41, 5.74) is 3.35. The maximum Gasteiger partial charge on any atom is 0.168 e. The van der Waals surface area contributed by atoms with Crippen molar-refractivity contribution in [3.8, 4) is 5.75 Å². The van der Waals surface area contributed by atoms with Crippen molar-refractivity contribution in [2.45, 2.75) is 19.4 Å². The minimum atomic E-state index is -0.295. The summed E-state index contributed by atoms with van der Waals surface area (Å²) < 4.78 is 18.8. The third-order valence-electron chi connectivity index (χ3n) is 2.49. The van der Waals surface area contributed by atoms with Gasteiger partial charge in [0.15, 0.2) is 11.6 Å². The average Bonchev–Trinajstić information content (AvgIpc) is 2.36. The number of nitrogens with one attached hydrogen (secondary N) is 1. The molecule has 3 nitrogen and oxygen atoms in total. The van der Waals surface area contributed by atoms with E-state index in [1.54, 1.807) is 30.0 Å². The van der Waals surface area contributed by atoms with Crippen LogP contribution in [0.2, 0.25) is 0 Å². The van der Waals surface area contributed by atoms with Crippen LogP contribution in [0.3, 0.4) is 0 Å². The molecule has 1 atom stereocenters. The van der Waals surface area contributed by atoms with Gasteiger partial charge in [0.1, 0.15) is 0 Å². The fourth-order valence-corrected chi connectivity index (χ4v) is 2.30. The lowest BCUT2D eigenvalue weighted by atomic mass is 10.1. The molecule has 0 amide bonds. The number of hydrazine groups is 1. The number of hydrogen-bond donors (Lipinski definition) is 2. The minimum absolute atomic E-state index is 0.0709. The van der Waals surface area contributed by atoms with Crippen molar-refractivity contribution in [3.05, 3.63) is 29.6 Å². The highest BCUT2D eigenvalue weighted by Gasteiger charge is 2.13. The zero-order valence-electron chi connectivity index (χ0n) is 10.2. The quantitative estimate of drug-likeness (QED) is 0.580.